The van der Waals surface area contributed by atoms with Gasteiger partial charge in [0.25, 0.3) is 0 Å². The minimum atomic E-state index is -0.722. The number of rotatable bonds is 42. The molecule has 0 saturated heterocycles. The van der Waals surface area contributed by atoms with Gasteiger partial charge in [-0.1, -0.05) is 268 Å². The van der Waals surface area contributed by atoms with Crippen molar-refractivity contribution in [3.8, 4) is 51.9 Å². The average Bonchev–Trinajstić information content (AvgIpc) is 1.50. The summed E-state index contributed by atoms with van der Waals surface area (Å²) in [5.74, 6) is 2.51. The standard InChI is InChI=1S/C90H110O4S4/c1-9-17-23-27-33-65-37-45-69(46-38-65)89(70-47-39-66(40-48-70)34-28-24-18-10-2)77-55-76-78(56-75(77)85-79(89)57-83(97-85)87-81(53-73(59-91)95-87)93-61-63(15-7)31-21-13-5)90(71-49-41-67(42-50-71)35-29-25-19-11-3,72-51-43-68(44-52-72)36-30-26-20-12-4)80-58-84(98-86(76)80)88-82(54-74(60-92)96-88)94-62-64(16-8)32-22-14-6/h37-60,63-64H,9-36,61-62H2,1-8H3. The number of aldehydes is 2. The molecule has 2 aliphatic rings. The Hall–Kier alpha value is -6.16. The fourth-order valence-corrected chi connectivity index (χ4v) is 20.3. The number of unbranched alkanes of at least 4 members (excludes halogenated alkanes) is 14. The van der Waals surface area contributed by atoms with Crippen LogP contribution in [0.15, 0.2) is 133 Å². The molecule has 0 spiro atoms. The van der Waals surface area contributed by atoms with E-state index in [1.54, 1.807) is 22.7 Å². The molecule has 2 aliphatic carbocycles. The molecule has 0 N–H and O–H groups in total. The summed E-state index contributed by atoms with van der Waals surface area (Å²) in [6.07, 6.45) is 34.9. The Kier molecular flexibility index (Phi) is 26.4. The molecular weight excluding hydrogens is 1270 g/mol. The van der Waals surface area contributed by atoms with Gasteiger partial charge in [-0.2, -0.15) is 0 Å². The number of aryl methyl sites for hydroxylation is 4. The Bertz CT molecular complexity index is 3610. The molecule has 518 valence electrons. The summed E-state index contributed by atoms with van der Waals surface area (Å²) in [6.45, 7) is 19.6. The molecule has 5 aromatic carbocycles. The zero-order valence-corrected chi connectivity index (χ0v) is 63.8. The number of hydrogen-bond acceptors (Lipinski definition) is 8. The summed E-state index contributed by atoms with van der Waals surface area (Å²) in [4.78, 5) is 34.2. The van der Waals surface area contributed by atoms with Crippen LogP contribution >= 0.6 is 45.3 Å². The van der Waals surface area contributed by atoms with Crippen molar-refractivity contribution in [2.75, 3.05) is 13.2 Å². The molecule has 4 heterocycles. The van der Waals surface area contributed by atoms with E-state index in [-0.39, 0.29) is 0 Å². The zero-order valence-electron chi connectivity index (χ0n) is 60.5. The van der Waals surface area contributed by atoms with Crippen LogP contribution < -0.4 is 9.47 Å². The normalized spacial score (nSPS) is 13.9. The van der Waals surface area contributed by atoms with E-state index in [0.29, 0.717) is 34.8 Å². The Labute approximate surface area is 605 Å². The quantitative estimate of drug-likeness (QED) is 0.0283. The highest BCUT2D eigenvalue weighted by atomic mass is 32.1. The molecule has 8 heteroatoms. The van der Waals surface area contributed by atoms with Crippen LogP contribution in [-0.2, 0) is 36.5 Å². The van der Waals surface area contributed by atoms with Crippen LogP contribution in [0.1, 0.15) is 296 Å². The number of benzene rings is 5. The topological polar surface area (TPSA) is 52.6 Å². The Morgan fingerprint density at radius 1 is 0.337 bits per heavy atom. The predicted molar refractivity (Wildman–Crippen MR) is 423 cm³/mol. The molecule has 4 aromatic heterocycles. The second-order valence-corrected chi connectivity index (χ2v) is 32.8. The van der Waals surface area contributed by atoms with Crippen molar-refractivity contribution < 1.29 is 19.1 Å². The predicted octanol–water partition coefficient (Wildman–Crippen LogP) is 27.3. The number of hydrogen-bond donors (Lipinski definition) is 0. The van der Waals surface area contributed by atoms with E-state index >= 15 is 0 Å². The van der Waals surface area contributed by atoms with Crippen LogP contribution in [0.5, 0.6) is 11.5 Å². The lowest BCUT2D eigenvalue weighted by atomic mass is 9.65. The smallest absolute Gasteiger partial charge is 0.160 e. The average molecular weight is 1380 g/mol. The molecule has 0 aliphatic heterocycles. The van der Waals surface area contributed by atoms with Gasteiger partial charge in [0.2, 0.25) is 0 Å². The van der Waals surface area contributed by atoms with Crippen molar-refractivity contribution in [1.29, 1.82) is 0 Å². The minimum absolute atomic E-state index is 0.438. The van der Waals surface area contributed by atoms with Gasteiger partial charge in [-0.15, -0.1) is 45.3 Å². The van der Waals surface area contributed by atoms with Crippen molar-refractivity contribution in [2.45, 2.75) is 246 Å². The molecule has 11 rings (SSSR count). The maximum absolute atomic E-state index is 13.0. The zero-order chi connectivity index (χ0) is 68.4. The number of carbonyl (C=O) groups is 2. The summed E-state index contributed by atoms with van der Waals surface area (Å²) < 4.78 is 13.9. The lowest BCUT2D eigenvalue weighted by Crippen LogP contribution is -2.30. The van der Waals surface area contributed by atoms with E-state index in [1.807, 2.05) is 34.8 Å². The Balaban J connectivity index is 1.20. The first-order valence-electron chi connectivity index (χ1n) is 38.4. The van der Waals surface area contributed by atoms with Gasteiger partial charge >= 0.3 is 0 Å². The number of carbonyl (C=O) groups excluding carboxylic acids is 2. The van der Waals surface area contributed by atoms with E-state index in [1.165, 1.54) is 203 Å². The number of fused-ring (bicyclic) bond motifs is 6. The molecule has 4 nitrogen and oxygen atoms in total. The van der Waals surface area contributed by atoms with Crippen LogP contribution in [0.3, 0.4) is 0 Å². The molecule has 0 amide bonds. The summed E-state index contributed by atoms with van der Waals surface area (Å²) in [5, 5.41) is 0. The van der Waals surface area contributed by atoms with Gasteiger partial charge in [0.1, 0.15) is 11.5 Å². The first-order chi connectivity index (χ1) is 48.1. The Morgan fingerprint density at radius 2 is 0.643 bits per heavy atom. The molecule has 2 unspecified atom stereocenters. The van der Waals surface area contributed by atoms with Gasteiger partial charge in [-0.05, 0) is 178 Å². The van der Waals surface area contributed by atoms with E-state index < -0.39 is 10.8 Å². The molecule has 9 aromatic rings. The summed E-state index contributed by atoms with van der Waals surface area (Å²) in [7, 11) is 0. The minimum Gasteiger partial charge on any atom is -0.492 e. The summed E-state index contributed by atoms with van der Waals surface area (Å²) in [5.41, 5.74) is 16.8. The molecule has 0 bridgehead atoms. The Morgan fingerprint density at radius 3 is 0.918 bits per heavy atom. The summed E-state index contributed by atoms with van der Waals surface area (Å²) >= 11 is 6.91. The molecule has 0 fully saturated rings. The fourth-order valence-electron chi connectivity index (χ4n) is 15.8. The first kappa shape index (κ1) is 73.1. The molecule has 98 heavy (non-hydrogen) atoms. The third-order valence-electron chi connectivity index (χ3n) is 21.7. The maximum Gasteiger partial charge on any atom is 0.160 e. The lowest BCUT2D eigenvalue weighted by Gasteiger charge is -2.35. The van der Waals surface area contributed by atoms with Crippen LogP contribution in [-0.4, -0.2) is 25.8 Å². The molecule has 2 atom stereocenters. The third kappa shape index (κ3) is 15.8. The second-order valence-electron chi connectivity index (χ2n) is 28.6. The largest absolute Gasteiger partial charge is 0.492 e. The molecule has 0 radical (unpaired) electrons. The van der Waals surface area contributed by atoms with Crippen LogP contribution in [0.4, 0.5) is 0 Å². The molecular formula is C90H110O4S4. The first-order valence-corrected chi connectivity index (χ1v) is 41.7. The lowest BCUT2D eigenvalue weighted by molar-refractivity contribution is 0.111. The number of thiophene rings is 4. The van der Waals surface area contributed by atoms with E-state index in [4.69, 9.17) is 9.47 Å². The highest BCUT2D eigenvalue weighted by molar-refractivity contribution is 7.25. The fraction of sp³-hybridized carbons (Fsp3) is 0.467. The van der Waals surface area contributed by atoms with E-state index in [2.05, 4.69) is 177 Å². The van der Waals surface area contributed by atoms with E-state index in [0.717, 1.165) is 108 Å². The van der Waals surface area contributed by atoms with E-state index in [9.17, 15) is 9.59 Å². The van der Waals surface area contributed by atoms with Crippen LogP contribution in [0, 0.1) is 11.8 Å². The summed E-state index contributed by atoms with van der Waals surface area (Å²) in [6, 6.07) is 53.6. The van der Waals surface area contributed by atoms with Crippen LogP contribution in [0.25, 0.3) is 40.4 Å². The SMILES string of the molecule is CCCCCCc1ccc(C2(c3ccc(CCCCCC)cc3)c3cc4c(cc3-c3sc(-c5sc(C=O)cc5OCC(CC)CCCC)cc32)C(c2ccc(CCCCCC)cc2)(c2ccc(CCCCCC)cc2)c2cc(-c3sc(C=O)cc3OCC(CC)CCCC)sc2-4)cc1. The maximum atomic E-state index is 13.0. The van der Waals surface area contributed by atoms with Gasteiger partial charge in [0.15, 0.2) is 12.6 Å². The van der Waals surface area contributed by atoms with Crippen molar-refractivity contribution in [2.24, 2.45) is 11.8 Å². The van der Waals surface area contributed by atoms with Crippen molar-refractivity contribution >= 4 is 57.9 Å². The third-order valence-corrected chi connectivity index (χ3v) is 26.5. The number of ether oxygens (including phenoxy) is 2. The molecule has 0 saturated carbocycles. The highest BCUT2D eigenvalue weighted by Gasteiger charge is 2.53. The van der Waals surface area contributed by atoms with Gasteiger partial charge in [0, 0.05) is 31.6 Å². The van der Waals surface area contributed by atoms with Crippen molar-refractivity contribution in [3.05, 3.63) is 210 Å². The highest BCUT2D eigenvalue weighted by Crippen LogP contribution is 2.67. The van der Waals surface area contributed by atoms with Gasteiger partial charge in [-0.25, -0.2) is 0 Å². The van der Waals surface area contributed by atoms with Gasteiger partial charge in [-0.3, -0.25) is 9.59 Å². The monoisotopic (exact) mass is 1380 g/mol. The van der Waals surface area contributed by atoms with Gasteiger partial charge in [0.05, 0.1) is 43.6 Å². The van der Waals surface area contributed by atoms with Gasteiger partial charge < -0.3 is 9.47 Å². The van der Waals surface area contributed by atoms with Crippen molar-refractivity contribution in [1.82, 2.24) is 0 Å². The van der Waals surface area contributed by atoms with Crippen LogP contribution in [0.2, 0.25) is 0 Å². The van der Waals surface area contributed by atoms with Crippen molar-refractivity contribution in [3.63, 3.8) is 0 Å². The second kappa shape index (κ2) is 35.4.